The maximum Gasteiger partial charge on any atom is 0.308 e. The van der Waals surface area contributed by atoms with Crippen LogP contribution in [0.25, 0.3) is 6.08 Å². The number of rotatable bonds is 6. The molecule has 0 N–H and O–H groups in total. The molecule has 2 bridgehead atoms. The molecule has 6 rings (SSSR count). The second-order valence-electron chi connectivity index (χ2n) is 11.3. The van der Waals surface area contributed by atoms with Crippen LogP contribution in [0.2, 0.25) is 0 Å². The Labute approximate surface area is 224 Å². The highest BCUT2D eigenvalue weighted by Crippen LogP contribution is 2.63. The second kappa shape index (κ2) is 9.42. The Morgan fingerprint density at radius 3 is 2.87 bits per heavy atom. The van der Waals surface area contributed by atoms with E-state index in [1.807, 2.05) is 48.4 Å². The van der Waals surface area contributed by atoms with Crippen molar-refractivity contribution in [1.82, 2.24) is 9.80 Å². The third kappa shape index (κ3) is 3.80. The molecule has 5 atom stereocenters. The van der Waals surface area contributed by atoms with Crippen molar-refractivity contribution in [3.63, 3.8) is 0 Å². The summed E-state index contributed by atoms with van der Waals surface area (Å²) in [5, 5.41) is 0. The van der Waals surface area contributed by atoms with Gasteiger partial charge in [-0.2, -0.15) is 0 Å². The van der Waals surface area contributed by atoms with E-state index in [0.29, 0.717) is 17.7 Å². The topological polar surface area (TPSA) is 59.1 Å². The smallest absolute Gasteiger partial charge is 0.308 e. The van der Waals surface area contributed by atoms with Crippen LogP contribution in [0.3, 0.4) is 0 Å². The van der Waals surface area contributed by atoms with Gasteiger partial charge in [-0.25, -0.2) is 0 Å². The van der Waals surface area contributed by atoms with Crippen LogP contribution in [-0.2, 0) is 21.4 Å². The van der Waals surface area contributed by atoms with Gasteiger partial charge in [0.1, 0.15) is 17.6 Å². The number of carbonyl (C=O) groups excluding carboxylic acids is 2. The lowest BCUT2D eigenvalue weighted by atomic mass is 9.51. The molecule has 2 aliphatic carbocycles. The molecule has 38 heavy (non-hydrogen) atoms. The van der Waals surface area contributed by atoms with Crippen LogP contribution in [0.4, 0.5) is 0 Å². The standard InChI is InChI=1S/C32H36N2O4/c1-5-16-34-17-15-32-24-10-11-25(33(4)29(36)14-9-22-8-6-7-20(2)18-22)31(32)38-28-13-12-27(37-21(3)35)23(30(28)32)19-26(24)34/h5-9,12-14,18,24-26,31H,1,10-11,15-17,19H2,2-4H3/t24-,25-,26+,31-,32-/m0/s1. The molecular formula is C32H36N2O4. The number of hydrogen-bond donors (Lipinski definition) is 0. The zero-order valence-corrected chi connectivity index (χ0v) is 22.5. The molecule has 6 nitrogen and oxygen atoms in total. The number of esters is 1. The summed E-state index contributed by atoms with van der Waals surface area (Å²) in [6, 6.07) is 12.3. The second-order valence-corrected chi connectivity index (χ2v) is 11.3. The van der Waals surface area contributed by atoms with E-state index in [0.717, 1.165) is 55.6 Å². The lowest BCUT2D eigenvalue weighted by Crippen LogP contribution is -2.68. The van der Waals surface area contributed by atoms with E-state index in [4.69, 9.17) is 9.47 Å². The first-order chi connectivity index (χ1) is 18.3. The van der Waals surface area contributed by atoms with Crippen molar-refractivity contribution in [3.05, 3.63) is 77.4 Å². The first-order valence-electron chi connectivity index (χ1n) is 13.7. The molecule has 0 aromatic heterocycles. The minimum absolute atomic E-state index is 0.0109. The molecule has 2 aliphatic heterocycles. The van der Waals surface area contributed by atoms with Crippen LogP contribution in [0, 0.1) is 12.8 Å². The van der Waals surface area contributed by atoms with Crippen LogP contribution in [0.1, 0.15) is 48.4 Å². The van der Waals surface area contributed by atoms with Gasteiger partial charge in [0.05, 0.1) is 6.04 Å². The summed E-state index contributed by atoms with van der Waals surface area (Å²) in [6.45, 7) is 9.31. The van der Waals surface area contributed by atoms with Crippen LogP contribution in [0.5, 0.6) is 11.5 Å². The molecular weight excluding hydrogens is 476 g/mol. The number of amides is 1. The molecule has 1 saturated heterocycles. The summed E-state index contributed by atoms with van der Waals surface area (Å²) in [4.78, 5) is 29.8. The summed E-state index contributed by atoms with van der Waals surface area (Å²) in [5.74, 6) is 1.64. The average molecular weight is 513 g/mol. The van der Waals surface area contributed by atoms with Crippen molar-refractivity contribution in [2.24, 2.45) is 5.92 Å². The Bertz CT molecular complexity index is 1330. The molecule has 0 unspecified atom stereocenters. The Balaban J connectivity index is 1.37. The highest BCUT2D eigenvalue weighted by atomic mass is 16.5. The average Bonchev–Trinajstić information content (AvgIpc) is 3.23. The van der Waals surface area contributed by atoms with Gasteiger partial charge in [-0.05, 0) is 68.8 Å². The zero-order valence-electron chi connectivity index (χ0n) is 22.5. The summed E-state index contributed by atoms with van der Waals surface area (Å²) in [5.41, 5.74) is 4.32. The van der Waals surface area contributed by atoms with Gasteiger partial charge < -0.3 is 14.4 Å². The first kappa shape index (κ1) is 24.9. The van der Waals surface area contributed by atoms with Gasteiger partial charge in [-0.1, -0.05) is 35.9 Å². The number of likely N-dealkylation sites (N-methyl/N-ethyl adjacent to an activating group) is 1. The number of aryl methyl sites for hydroxylation is 1. The largest absolute Gasteiger partial charge is 0.487 e. The van der Waals surface area contributed by atoms with E-state index in [1.54, 1.807) is 6.08 Å². The number of hydrogen-bond acceptors (Lipinski definition) is 5. The highest BCUT2D eigenvalue weighted by molar-refractivity contribution is 5.92. The molecule has 1 saturated carbocycles. The predicted molar refractivity (Wildman–Crippen MR) is 147 cm³/mol. The van der Waals surface area contributed by atoms with Crippen LogP contribution >= 0.6 is 0 Å². The van der Waals surface area contributed by atoms with Crippen molar-refractivity contribution < 1.29 is 19.1 Å². The minimum Gasteiger partial charge on any atom is -0.487 e. The summed E-state index contributed by atoms with van der Waals surface area (Å²) in [6.07, 6.45) is 9.15. The number of piperidine rings is 1. The number of ether oxygens (including phenoxy) is 2. The Kier molecular flexibility index (Phi) is 6.18. The zero-order chi connectivity index (χ0) is 26.6. The molecule has 2 fully saturated rings. The minimum atomic E-state index is -0.309. The first-order valence-corrected chi connectivity index (χ1v) is 13.7. The van der Waals surface area contributed by atoms with Crippen molar-refractivity contribution in [2.45, 2.75) is 63.1 Å². The molecule has 2 aromatic carbocycles. The monoisotopic (exact) mass is 512 g/mol. The Morgan fingerprint density at radius 1 is 1.26 bits per heavy atom. The molecule has 2 heterocycles. The van der Waals surface area contributed by atoms with E-state index < -0.39 is 0 Å². The fourth-order valence-corrected chi connectivity index (χ4v) is 7.86. The molecule has 1 amide bonds. The van der Waals surface area contributed by atoms with Gasteiger partial charge in [0.25, 0.3) is 0 Å². The van der Waals surface area contributed by atoms with Crippen molar-refractivity contribution in [3.8, 4) is 11.5 Å². The normalized spacial score (nSPS) is 28.9. The maximum atomic E-state index is 13.4. The summed E-state index contributed by atoms with van der Waals surface area (Å²) in [7, 11) is 1.91. The fourth-order valence-electron chi connectivity index (χ4n) is 7.86. The molecule has 1 spiro atoms. The molecule has 2 aromatic rings. The lowest BCUT2D eigenvalue weighted by molar-refractivity contribution is -0.135. The van der Waals surface area contributed by atoms with E-state index in [2.05, 4.69) is 30.5 Å². The highest BCUT2D eigenvalue weighted by Gasteiger charge is 2.66. The SMILES string of the molecule is C=CCN1CC[C@@]23c4c5ccc(OC(C)=O)c4C[C@@H]1[C@@H]2CC[C@H](N(C)C(=O)C=Cc1cccc(C)c1)[C@@H]3O5. The molecule has 6 heteroatoms. The Morgan fingerprint density at radius 2 is 2.11 bits per heavy atom. The Hall–Kier alpha value is -3.38. The van der Waals surface area contributed by atoms with Crippen LogP contribution in [-0.4, -0.2) is 60.0 Å². The van der Waals surface area contributed by atoms with E-state index in [1.165, 1.54) is 18.1 Å². The number of benzene rings is 2. The van der Waals surface area contributed by atoms with Crippen LogP contribution < -0.4 is 9.47 Å². The number of carbonyl (C=O) groups is 2. The lowest BCUT2D eigenvalue weighted by Gasteiger charge is -2.60. The van der Waals surface area contributed by atoms with Gasteiger partial charge in [-0.15, -0.1) is 6.58 Å². The number of nitrogens with zero attached hydrogens (tertiary/aromatic N) is 2. The molecule has 4 aliphatic rings. The van der Waals surface area contributed by atoms with Gasteiger partial charge in [-0.3, -0.25) is 14.5 Å². The van der Waals surface area contributed by atoms with Gasteiger partial charge in [0, 0.05) is 49.2 Å². The number of likely N-dealkylation sites (tertiary alicyclic amines) is 1. The summed E-state index contributed by atoms with van der Waals surface area (Å²) < 4.78 is 12.5. The van der Waals surface area contributed by atoms with Crippen molar-refractivity contribution >= 4 is 18.0 Å². The fraction of sp³-hybridized carbons (Fsp3) is 0.438. The predicted octanol–water partition coefficient (Wildman–Crippen LogP) is 4.69. The van der Waals surface area contributed by atoms with Gasteiger partial charge in [0.2, 0.25) is 5.91 Å². The van der Waals surface area contributed by atoms with Crippen molar-refractivity contribution in [1.29, 1.82) is 0 Å². The van der Waals surface area contributed by atoms with E-state index >= 15 is 0 Å². The third-order valence-electron chi connectivity index (χ3n) is 9.33. The quantitative estimate of drug-likeness (QED) is 0.243. The van der Waals surface area contributed by atoms with Gasteiger partial charge in [0.15, 0.2) is 0 Å². The van der Waals surface area contributed by atoms with Gasteiger partial charge >= 0.3 is 5.97 Å². The molecule has 198 valence electrons. The maximum absolute atomic E-state index is 13.4. The summed E-state index contributed by atoms with van der Waals surface area (Å²) >= 11 is 0. The van der Waals surface area contributed by atoms with Crippen molar-refractivity contribution in [2.75, 3.05) is 20.1 Å². The van der Waals surface area contributed by atoms with E-state index in [-0.39, 0.29) is 29.4 Å². The van der Waals surface area contributed by atoms with E-state index in [9.17, 15) is 9.59 Å². The third-order valence-corrected chi connectivity index (χ3v) is 9.33. The van der Waals surface area contributed by atoms with Crippen LogP contribution in [0.15, 0.2) is 55.1 Å². The molecule has 0 radical (unpaired) electrons.